The average molecular weight is 304 g/mol. The number of hydrogen-bond acceptors (Lipinski definition) is 4. The normalized spacial score (nSPS) is 16.1. The number of hydrogen-bond donors (Lipinski definition) is 1. The van der Waals surface area contributed by atoms with Crippen molar-refractivity contribution in [1.29, 1.82) is 0 Å². The first kappa shape index (κ1) is 16.7. The molecule has 0 aromatic carbocycles. The number of aryl methyl sites for hydroxylation is 2. The van der Waals surface area contributed by atoms with E-state index < -0.39 is 0 Å². The van der Waals surface area contributed by atoms with Crippen molar-refractivity contribution in [2.45, 2.75) is 47.0 Å². The maximum atomic E-state index is 12.2. The highest BCUT2D eigenvalue weighted by Gasteiger charge is 2.26. The topological polar surface area (TPSA) is 58.1 Å². The van der Waals surface area contributed by atoms with Crippen LogP contribution in [0.15, 0.2) is 6.20 Å². The van der Waals surface area contributed by atoms with Crippen LogP contribution in [0.2, 0.25) is 0 Å². The Labute approximate surface area is 133 Å². The molecule has 5 heteroatoms. The first-order chi connectivity index (χ1) is 10.5. The fourth-order valence-corrected chi connectivity index (χ4v) is 2.81. The second-order valence-electron chi connectivity index (χ2n) is 6.66. The molecule has 0 aliphatic carbocycles. The van der Waals surface area contributed by atoms with Crippen LogP contribution < -0.4 is 10.2 Å². The minimum absolute atomic E-state index is 0.140. The molecule has 1 saturated heterocycles. The molecule has 1 aromatic rings. The molecular formula is C17H28N4O. The minimum atomic E-state index is 0.140. The monoisotopic (exact) mass is 304 g/mol. The van der Waals surface area contributed by atoms with Crippen LogP contribution in [-0.2, 0) is 4.79 Å². The van der Waals surface area contributed by atoms with E-state index in [0.29, 0.717) is 5.92 Å². The molecule has 2 rings (SSSR count). The van der Waals surface area contributed by atoms with Crippen LogP contribution in [-0.4, -0.2) is 35.5 Å². The molecular weight excluding hydrogens is 276 g/mol. The van der Waals surface area contributed by atoms with Crippen molar-refractivity contribution in [2.24, 2.45) is 11.8 Å². The van der Waals surface area contributed by atoms with Crippen LogP contribution in [0.5, 0.6) is 0 Å². The highest BCUT2D eigenvalue weighted by molar-refractivity contribution is 5.78. The number of nitrogens with zero attached hydrogens (tertiary/aromatic N) is 3. The van der Waals surface area contributed by atoms with Crippen LogP contribution >= 0.6 is 0 Å². The minimum Gasteiger partial charge on any atom is -0.356 e. The summed E-state index contributed by atoms with van der Waals surface area (Å²) in [6.07, 6.45) is 4.63. The van der Waals surface area contributed by atoms with Gasteiger partial charge in [-0.15, -0.1) is 0 Å². The smallest absolute Gasteiger partial charge is 0.223 e. The number of nitrogens with one attached hydrogen (secondary N) is 1. The average Bonchev–Trinajstić information content (AvgIpc) is 2.49. The Hall–Kier alpha value is -1.65. The van der Waals surface area contributed by atoms with E-state index in [1.165, 1.54) is 0 Å². The van der Waals surface area contributed by atoms with Gasteiger partial charge in [-0.05, 0) is 39.0 Å². The van der Waals surface area contributed by atoms with Gasteiger partial charge >= 0.3 is 0 Å². The van der Waals surface area contributed by atoms with Crippen LogP contribution in [0.3, 0.4) is 0 Å². The number of rotatable bonds is 5. The van der Waals surface area contributed by atoms with Gasteiger partial charge < -0.3 is 10.2 Å². The van der Waals surface area contributed by atoms with Crippen molar-refractivity contribution in [1.82, 2.24) is 15.3 Å². The lowest BCUT2D eigenvalue weighted by Crippen LogP contribution is -2.41. The summed E-state index contributed by atoms with van der Waals surface area (Å²) < 4.78 is 0. The Bertz CT molecular complexity index is 507. The third kappa shape index (κ3) is 4.42. The Kier molecular flexibility index (Phi) is 5.75. The van der Waals surface area contributed by atoms with Crippen molar-refractivity contribution < 1.29 is 4.79 Å². The summed E-state index contributed by atoms with van der Waals surface area (Å²) in [6, 6.07) is 0. The van der Waals surface area contributed by atoms with Crippen molar-refractivity contribution in [3.63, 3.8) is 0 Å². The lowest BCUT2D eigenvalue weighted by Gasteiger charge is -2.32. The summed E-state index contributed by atoms with van der Waals surface area (Å²) in [5, 5.41) is 3.07. The molecule has 0 unspecified atom stereocenters. The Morgan fingerprint density at radius 3 is 2.68 bits per heavy atom. The highest BCUT2D eigenvalue weighted by Crippen LogP contribution is 2.23. The first-order valence-corrected chi connectivity index (χ1v) is 8.30. The van der Waals surface area contributed by atoms with Gasteiger partial charge in [0.05, 0.1) is 11.4 Å². The molecule has 1 aliphatic rings. The third-order valence-corrected chi connectivity index (χ3v) is 4.24. The van der Waals surface area contributed by atoms with Crippen molar-refractivity contribution >= 4 is 11.7 Å². The quantitative estimate of drug-likeness (QED) is 0.908. The van der Waals surface area contributed by atoms with Gasteiger partial charge in [0.25, 0.3) is 0 Å². The molecule has 2 heterocycles. The van der Waals surface area contributed by atoms with Gasteiger partial charge in [0.1, 0.15) is 5.82 Å². The second kappa shape index (κ2) is 7.56. The van der Waals surface area contributed by atoms with E-state index in [4.69, 9.17) is 0 Å². The zero-order valence-electron chi connectivity index (χ0n) is 14.2. The molecule has 0 radical (unpaired) electrons. The Morgan fingerprint density at radius 2 is 2.05 bits per heavy atom. The van der Waals surface area contributed by atoms with E-state index in [1.54, 1.807) is 6.20 Å². The Morgan fingerprint density at radius 1 is 1.36 bits per heavy atom. The van der Waals surface area contributed by atoms with E-state index in [9.17, 15) is 4.79 Å². The van der Waals surface area contributed by atoms with Crippen molar-refractivity contribution in [2.75, 3.05) is 24.5 Å². The number of piperidine rings is 1. The number of carbonyl (C=O) groups is 1. The summed E-state index contributed by atoms with van der Waals surface area (Å²) in [6.45, 7) is 10.9. The summed E-state index contributed by atoms with van der Waals surface area (Å²) in [5.41, 5.74) is 1.90. The first-order valence-electron chi connectivity index (χ1n) is 8.30. The van der Waals surface area contributed by atoms with Crippen molar-refractivity contribution in [3.05, 3.63) is 17.6 Å². The van der Waals surface area contributed by atoms with Crippen LogP contribution in [0.25, 0.3) is 0 Å². The summed E-state index contributed by atoms with van der Waals surface area (Å²) in [7, 11) is 0. The zero-order valence-corrected chi connectivity index (χ0v) is 14.2. The standard InChI is InChI=1S/C17H28N4O/c1-12(2)5-8-18-17(22)15-6-9-21(10-7-15)16-14(4)19-11-13(3)20-16/h11-12,15H,5-10H2,1-4H3,(H,18,22). The largest absolute Gasteiger partial charge is 0.356 e. The van der Waals surface area contributed by atoms with E-state index in [0.717, 1.165) is 56.1 Å². The SMILES string of the molecule is Cc1cnc(C)c(N2CCC(C(=O)NCCC(C)C)CC2)n1. The van der Waals surface area contributed by atoms with Crippen LogP contribution in [0.1, 0.15) is 44.5 Å². The molecule has 122 valence electrons. The highest BCUT2D eigenvalue weighted by atomic mass is 16.1. The number of aromatic nitrogens is 2. The molecule has 1 aliphatic heterocycles. The maximum absolute atomic E-state index is 12.2. The van der Waals surface area contributed by atoms with Crippen LogP contribution in [0, 0.1) is 25.7 Å². The molecule has 0 atom stereocenters. The molecule has 1 aromatic heterocycles. The van der Waals surface area contributed by atoms with E-state index in [1.807, 2.05) is 13.8 Å². The van der Waals surface area contributed by atoms with Gasteiger partial charge in [0.2, 0.25) is 5.91 Å². The predicted octanol–water partition coefficient (Wildman–Crippen LogP) is 2.47. The van der Waals surface area contributed by atoms with Gasteiger partial charge in [-0.2, -0.15) is 0 Å². The molecule has 1 amide bonds. The fraction of sp³-hybridized carbons (Fsp3) is 0.706. The van der Waals surface area contributed by atoms with Gasteiger partial charge in [-0.25, -0.2) is 4.98 Å². The third-order valence-electron chi connectivity index (χ3n) is 4.24. The number of carbonyl (C=O) groups excluding carboxylic acids is 1. The molecule has 0 bridgehead atoms. The van der Waals surface area contributed by atoms with Gasteiger partial charge in [0.15, 0.2) is 0 Å². The predicted molar refractivity (Wildman–Crippen MR) is 88.9 cm³/mol. The van der Waals surface area contributed by atoms with E-state index in [-0.39, 0.29) is 11.8 Å². The van der Waals surface area contributed by atoms with E-state index >= 15 is 0 Å². The molecule has 5 nitrogen and oxygen atoms in total. The van der Waals surface area contributed by atoms with Gasteiger partial charge in [-0.1, -0.05) is 13.8 Å². The van der Waals surface area contributed by atoms with Crippen LogP contribution in [0.4, 0.5) is 5.82 Å². The molecule has 1 fully saturated rings. The summed E-state index contributed by atoms with van der Waals surface area (Å²) in [5.74, 6) is 1.96. The lowest BCUT2D eigenvalue weighted by atomic mass is 9.95. The van der Waals surface area contributed by atoms with Gasteiger partial charge in [-0.3, -0.25) is 9.78 Å². The number of amides is 1. The maximum Gasteiger partial charge on any atom is 0.223 e. The fourth-order valence-electron chi connectivity index (χ4n) is 2.81. The number of anilines is 1. The molecule has 0 spiro atoms. The summed E-state index contributed by atoms with van der Waals surface area (Å²) >= 11 is 0. The van der Waals surface area contributed by atoms with Crippen molar-refractivity contribution in [3.8, 4) is 0 Å². The Balaban J connectivity index is 1.85. The van der Waals surface area contributed by atoms with E-state index in [2.05, 4.69) is 34.0 Å². The molecule has 0 saturated carbocycles. The molecule has 1 N–H and O–H groups in total. The summed E-state index contributed by atoms with van der Waals surface area (Å²) in [4.78, 5) is 23.4. The zero-order chi connectivity index (χ0) is 16.1. The second-order valence-corrected chi connectivity index (χ2v) is 6.66. The molecule has 22 heavy (non-hydrogen) atoms. The van der Waals surface area contributed by atoms with Gasteiger partial charge in [0, 0.05) is 31.7 Å². The lowest BCUT2D eigenvalue weighted by molar-refractivity contribution is -0.125.